The number of halogens is 4. The summed E-state index contributed by atoms with van der Waals surface area (Å²) in [4.78, 5) is 12.6. The Labute approximate surface area is 172 Å². The van der Waals surface area contributed by atoms with E-state index in [-0.39, 0.29) is 24.3 Å². The van der Waals surface area contributed by atoms with Crippen LogP contribution in [0.1, 0.15) is 40.2 Å². The molecule has 2 aromatic heterocycles. The second-order valence-electron chi connectivity index (χ2n) is 6.66. The van der Waals surface area contributed by atoms with Crippen molar-refractivity contribution in [1.29, 1.82) is 0 Å². The number of benzene rings is 1. The second kappa shape index (κ2) is 7.58. The van der Waals surface area contributed by atoms with E-state index in [9.17, 15) is 18.0 Å². The summed E-state index contributed by atoms with van der Waals surface area (Å²) in [5.41, 5.74) is 0.740. The van der Waals surface area contributed by atoms with Gasteiger partial charge in [-0.3, -0.25) is 4.79 Å². The summed E-state index contributed by atoms with van der Waals surface area (Å²) < 4.78 is 48.0. The monoisotopic (exact) mass is 468 g/mol. The van der Waals surface area contributed by atoms with Crippen LogP contribution in [0.4, 0.5) is 19.0 Å². The lowest BCUT2D eigenvalue weighted by Gasteiger charge is -2.34. The normalized spacial score (nSPS) is 18.8. The van der Waals surface area contributed by atoms with Crippen LogP contribution in [0.3, 0.4) is 0 Å². The molecule has 2 N–H and O–H groups in total. The van der Waals surface area contributed by atoms with Gasteiger partial charge in [0.2, 0.25) is 0 Å². The van der Waals surface area contributed by atoms with Crippen molar-refractivity contribution in [2.45, 2.75) is 31.2 Å². The largest absolute Gasteiger partial charge is 0.467 e. The van der Waals surface area contributed by atoms with E-state index in [0.717, 1.165) is 15.4 Å². The molecule has 0 unspecified atom stereocenters. The molecule has 3 aromatic rings. The lowest BCUT2D eigenvalue weighted by molar-refractivity contribution is -0.173. The molecule has 1 aliphatic heterocycles. The molecule has 2 atom stereocenters. The fraction of sp³-hybridized carbons (Fsp3) is 0.263. The Balaban J connectivity index is 1.64. The molecular formula is C19H16BrF3N4O2. The number of rotatable bonds is 4. The third kappa shape index (κ3) is 4.02. The van der Waals surface area contributed by atoms with Gasteiger partial charge in [0.15, 0.2) is 6.04 Å². The minimum Gasteiger partial charge on any atom is -0.467 e. The van der Waals surface area contributed by atoms with E-state index in [4.69, 9.17) is 4.42 Å². The van der Waals surface area contributed by atoms with E-state index in [1.807, 2.05) is 0 Å². The molecule has 0 fully saturated rings. The topological polar surface area (TPSA) is 72.1 Å². The molecule has 0 spiro atoms. The predicted molar refractivity (Wildman–Crippen MR) is 102 cm³/mol. The number of hydrogen-bond donors (Lipinski definition) is 2. The lowest BCUT2D eigenvalue weighted by atomic mass is 9.96. The number of furan rings is 1. The Hall–Kier alpha value is -2.75. The molecule has 3 heterocycles. The number of carbonyl (C=O) groups excluding carboxylic acids is 1. The van der Waals surface area contributed by atoms with Crippen LogP contribution in [-0.2, 0) is 6.54 Å². The number of hydrogen-bond acceptors (Lipinski definition) is 4. The molecule has 0 radical (unpaired) electrons. The van der Waals surface area contributed by atoms with Crippen LogP contribution in [0.25, 0.3) is 0 Å². The molecule has 1 aliphatic rings. The minimum absolute atomic E-state index is 0.0449. The summed E-state index contributed by atoms with van der Waals surface area (Å²) in [7, 11) is 0. The number of amides is 1. The highest BCUT2D eigenvalue weighted by molar-refractivity contribution is 9.10. The highest BCUT2D eigenvalue weighted by atomic mass is 79.9. The molecule has 0 bridgehead atoms. The van der Waals surface area contributed by atoms with Crippen LogP contribution < -0.4 is 10.6 Å². The first-order chi connectivity index (χ1) is 13.8. The van der Waals surface area contributed by atoms with E-state index in [2.05, 4.69) is 31.7 Å². The summed E-state index contributed by atoms with van der Waals surface area (Å²) >= 11 is 3.32. The molecule has 0 saturated heterocycles. The Morgan fingerprint density at radius 3 is 2.72 bits per heavy atom. The molecule has 4 rings (SSSR count). The van der Waals surface area contributed by atoms with Crippen LogP contribution in [0, 0.1) is 0 Å². The van der Waals surface area contributed by atoms with Crippen molar-refractivity contribution >= 4 is 27.7 Å². The molecule has 1 amide bonds. The summed E-state index contributed by atoms with van der Waals surface area (Å²) in [6.07, 6.45) is -2.10. The van der Waals surface area contributed by atoms with Gasteiger partial charge in [-0.05, 0) is 29.8 Å². The molecule has 1 aromatic carbocycles. The van der Waals surface area contributed by atoms with Gasteiger partial charge in [0, 0.05) is 10.9 Å². The Morgan fingerprint density at radius 1 is 1.31 bits per heavy atom. The van der Waals surface area contributed by atoms with Crippen LogP contribution >= 0.6 is 15.9 Å². The average molecular weight is 469 g/mol. The summed E-state index contributed by atoms with van der Waals surface area (Å²) in [6.45, 7) is 0.120. The smallest absolute Gasteiger partial charge is 0.410 e. The summed E-state index contributed by atoms with van der Waals surface area (Å²) in [5, 5.41) is 9.55. The SMILES string of the molecule is O=C(NCc1ccco1)c1cnn2c1N[C@H](c1ccc(Br)cc1)C[C@H]2C(F)(F)F. The molecule has 29 heavy (non-hydrogen) atoms. The molecule has 10 heteroatoms. The maximum atomic E-state index is 13.7. The van der Waals surface area contributed by atoms with E-state index in [0.29, 0.717) is 11.3 Å². The Kier molecular flexibility index (Phi) is 5.12. The molecular weight excluding hydrogens is 453 g/mol. The summed E-state index contributed by atoms with van der Waals surface area (Å²) in [6, 6.07) is 7.95. The number of anilines is 1. The number of aromatic nitrogens is 2. The van der Waals surface area contributed by atoms with Gasteiger partial charge in [-0.15, -0.1) is 0 Å². The third-order valence-electron chi connectivity index (χ3n) is 4.76. The summed E-state index contributed by atoms with van der Waals surface area (Å²) in [5.74, 6) is 0.0456. The van der Waals surface area contributed by atoms with Gasteiger partial charge in [-0.2, -0.15) is 18.3 Å². The number of carbonyl (C=O) groups is 1. The molecule has 0 saturated carbocycles. The van der Waals surface area contributed by atoms with E-state index in [1.165, 1.54) is 6.26 Å². The van der Waals surface area contributed by atoms with Crippen molar-refractivity contribution in [1.82, 2.24) is 15.1 Å². The van der Waals surface area contributed by atoms with Gasteiger partial charge in [0.1, 0.15) is 17.1 Å². The molecule has 6 nitrogen and oxygen atoms in total. The van der Waals surface area contributed by atoms with Gasteiger partial charge in [0.25, 0.3) is 5.91 Å². The van der Waals surface area contributed by atoms with Crippen molar-refractivity contribution in [2.75, 3.05) is 5.32 Å². The lowest BCUT2D eigenvalue weighted by Crippen LogP contribution is -2.36. The second-order valence-corrected chi connectivity index (χ2v) is 7.57. The first-order valence-corrected chi connectivity index (χ1v) is 9.59. The van der Waals surface area contributed by atoms with Crippen molar-refractivity contribution < 1.29 is 22.4 Å². The first-order valence-electron chi connectivity index (χ1n) is 8.79. The van der Waals surface area contributed by atoms with Crippen molar-refractivity contribution in [2.24, 2.45) is 0 Å². The van der Waals surface area contributed by atoms with E-state index >= 15 is 0 Å². The average Bonchev–Trinajstić information content (AvgIpc) is 3.35. The van der Waals surface area contributed by atoms with Crippen LogP contribution in [-0.4, -0.2) is 21.9 Å². The van der Waals surface area contributed by atoms with Crippen molar-refractivity contribution in [3.8, 4) is 0 Å². The van der Waals surface area contributed by atoms with Gasteiger partial charge in [0.05, 0.1) is 25.0 Å². The van der Waals surface area contributed by atoms with Crippen LogP contribution in [0.5, 0.6) is 0 Å². The number of alkyl halides is 3. The van der Waals surface area contributed by atoms with Gasteiger partial charge in [-0.25, -0.2) is 4.68 Å². The van der Waals surface area contributed by atoms with E-state index in [1.54, 1.807) is 36.4 Å². The minimum atomic E-state index is -4.50. The predicted octanol–water partition coefficient (Wildman–Crippen LogP) is 4.83. The fourth-order valence-electron chi connectivity index (χ4n) is 3.32. The molecule has 152 valence electrons. The maximum Gasteiger partial charge on any atom is 0.410 e. The van der Waals surface area contributed by atoms with Crippen LogP contribution in [0.15, 0.2) is 57.7 Å². The van der Waals surface area contributed by atoms with E-state index < -0.39 is 24.2 Å². The van der Waals surface area contributed by atoms with Crippen LogP contribution in [0.2, 0.25) is 0 Å². The zero-order valence-corrected chi connectivity index (χ0v) is 16.5. The number of nitrogens with zero attached hydrogens (tertiary/aromatic N) is 2. The number of nitrogens with one attached hydrogen (secondary N) is 2. The standard InChI is InChI=1S/C19H16BrF3N4O2/c20-12-5-3-11(4-6-12)15-8-16(19(21,22)23)27-17(26-15)14(10-25-27)18(28)24-9-13-2-1-7-29-13/h1-7,10,15-16,26H,8-9H2,(H,24,28)/t15-,16-/m0/s1. The fourth-order valence-corrected chi connectivity index (χ4v) is 3.58. The number of fused-ring (bicyclic) bond motifs is 1. The van der Waals surface area contributed by atoms with Crippen molar-refractivity contribution in [3.05, 3.63) is 70.2 Å². The molecule has 0 aliphatic carbocycles. The van der Waals surface area contributed by atoms with Gasteiger partial charge in [-0.1, -0.05) is 28.1 Å². The van der Waals surface area contributed by atoms with Gasteiger partial charge < -0.3 is 15.1 Å². The Morgan fingerprint density at radius 2 is 2.07 bits per heavy atom. The van der Waals surface area contributed by atoms with Crippen molar-refractivity contribution in [3.63, 3.8) is 0 Å². The quantitative estimate of drug-likeness (QED) is 0.575. The third-order valence-corrected chi connectivity index (χ3v) is 5.29. The maximum absolute atomic E-state index is 13.7. The Bertz CT molecular complexity index is 1000. The van der Waals surface area contributed by atoms with Gasteiger partial charge >= 0.3 is 6.18 Å². The highest BCUT2D eigenvalue weighted by Crippen LogP contribution is 2.44. The zero-order chi connectivity index (χ0) is 20.6. The zero-order valence-electron chi connectivity index (χ0n) is 14.9. The highest BCUT2D eigenvalue weighted by Gasteiger charge is 2.47. The first kappa shape index (κ1) is 19.6.